The molecular formula is C16H14N6O. The predicted octanol–water partition coefficient (Wildman–Crippen LogP) is 1.89. The van der Waals surface area contributed by atoms with Gasteiger partial charge in [0.2, 0.25) is 5.91 Å². The van der Waals surface area contributed by atoms with Crippen LogP contribution in [0, 0.1) is 18.3 Å². The summed E-state index contributed by atoms with van der Waals surface area (Å²) >= 11 is 0. The van der Waals surface area contributed by atoms with E-state index in [0.29, 0.717) is 11.4 Å². The number of rotatable bonds is 4. The Morgan fingerprint density at radius 2 is 2.04 bits per heavy atom. The van der Waals surface area contributed by atoms with Crippen molar-refractivity contribution in [2.45, 2.75) is 13.5 Å². The number of aryl methyl sites for hydroxylation is 1. The smallest absolute Gasteiger partial charge is 0.247 e. The van der Waals surface area contributed by atoms with Crippen molar-refractivity contribution in [2.75, 3.05) is 5.32 Å². The molecule has 0 atom stereocenters. The van der Waals surface area contributed by atoms with Gasteiger partial charge >= 0.3 is 0 Å². The van der Waals surface area contributed by atoms with Crippen molar-refractivity contribution in [3.05, 3.63) is 60.0 Å². The van der Waals surface area contributed by atoms with Crippen LogP contribution in [-0.2, 0) is 11.3 Å². The molecule has 2 aromatic heterocycles. The molecule has 0 radical (unpaired) electrons. The van der Waals surface area contributed by atoms with Crippen molar-refractivity contribution in [1.29, 1.82) is 5.26 Å². The summed E-state index contributed by atoms with van der Waals surface area (Å²) in [5.74, 6) is 0.0786. The van der Waals surface area contributed by atoms with Crippen LogP contribution < -0.4 is 5.32 Å². The third-order valence-electron chi connectivity index (χ3n) is 3.22. The minimum Gasteiger partial charge on any atom is -0.308 e. The SMILES string of the molecule is Cc1cnn(CC(=O)Nc2c(C#N)cnn2-c2ccccc2)c1. The lowest BCUT2D eigenvalue weighted by Gasteiger charge is -2.09. The maximum absolute atomic E-state index is 12.2. The Labute approximate surface area is 132 Å². The Morgan fingerprint density at radius 3 is 2.70 bits per heavy atom. The predicted molar refractivity (Wildman–Crippen MR) is 83.9 cm³/mol. The van der Waals surface area contributed by atoms with Gasteiger partial charge in [-0.05, 0) is 24.6 Å². The molecule has 2 heterocycles. The highest BCUT2D eigenvalue weighted by Crippen LogP contribution is 2.19. The van der Waals surface area contributed by atoms with Crippen molar-refractivity contribution < 1.29 is 4.79 Å². The van der Waals surface area contributed by atoms with Crippen molar-refractivity contribution in [1.82, 2.24) is 19.6 Å². The van der Waals surface area contributed by atoms with Gasteiger partial charge in [0.1, 0.15) is 18.2 Å². The first-order chi connectivity index (χ1) is 11.2. The number of para-hydroxylation sites is 1. The third-order valence-corrected chi connectivity index (χ3v) is 3.22. The molecule has 0 aliphatic carbocycles. The molecule has 1 aromatic carbocycles. The zero-order valence-corrected chi connectivity index (χ0v) is 12.5. The Morgan fingerprint density at radius 1 is 1.26 bits per heavy atom. The van der Waals surface area contributed by atoms with Crippen LogP contribution in [0.25, 0.3) is 5.69 Å². The van der Waals surface area contributed by atoms with Crippen LogP contribution in [-0.4, -0.2) is 25.5 Å². The monoisotopic (exact) mass is 306 g/mol. The molecule has 23 heavy (non-hydrogen) atoms. The first-order valence-electron chi connectivity index (χ1n) is 7.00. The van der Waals surface area contributed by atoms with Crippen molar-refractivity contribution in [2.24, 2.45) is 0 Å². The van der Waals surface area contributed by atoms with E-state index >= 15 is 0 Å². The summed E-state index contributed by atoms with van der Waals surface area (Å²) < 4.78 is 3.07. The van der Waals surface area contributed by atoms with Gasteiger partial charge in [-0.2, -0.15) is 15.5 Å². The first kappa shape index (κ1) is 14.5. The highest BCUT2D eigenvalue weighted by atomic mass is 16.2. The Kier molecular flexibility index (Phi) is 3.89. The minimum absolute atomic E-state index is 0.0681. The van der Waals surface area contributed by atoms with E-state index < -0.39 is 0 Å². The van der Waals surface area contributed by atoms with Gasteiger partial charge in [-0.15, -0.1) is 0 Å². The van der Waals surface area contributed by atoms with Crippen LogP contribution in [0.1, 0.15) is 11.1 Å². The second-order valence-corrected chi connectivity index (χ2v) is 5.03. The number of carbonyl (C=O) groups is 1. The van der Waals surface area contributed by atoms with Crippen LogP contribution in [0.2, 0.25) is 0 Å². The molecule has 3 aromatic rings. The zero-order chi connectivity index (χ0) is 16.2. The molecule has 3 rings (SSSR count). The van der Waals surface area contributed by atoms with E-state index in [1.807, 2.05) is 43.3 Å². The van der Waals surface area contributed by atoms with Crippen LogP contribution in [0.4, 0.5) is 5.82 Å². The van der Waals surface area contributed by atoms with Gasteiger partial charge in [0.05, 0.1) is 18.1 Å². The quantitative estimate of drug-likeness (QED) is 0.797. The van der Waals surface area contributed by atoms with Crippen molar-refractivity contribution in [3.63, 3.8) is 0 Å². The summed E-state index contributed by atoms with van der Waals surface area (Å²) in [6.45, 7) is 1.97. The summed E-state index contributed by atoms with van der Waals surface area (Å²) in [6.07, 6.45) is 4.89. The average Bonchev–Trinajstić information content (AvgIpc) is 3.14. The number of amides is 1. The normalized spacial score (nSPS) is 10.3. The fourth-order valence-electron chi connectivity index (χ4n) is 2.19. The van der Waals surface area contributed by atoms with Gasteiger partial charge in [-0.25, -0.2) is 4.68 Å². The lowest BCUT2D eigenvalue weighted by atomic mass is 10.3. The van der Waals surface area contributed by atoms with Crippen molar-refractivity contribution >= 4 is 11.7 Å². The van der Waals surface area contributed by atoms with Crippen LogP contribution in [0.3, 0.4) is 0 Å². The molecule has 0 aliphatic heterocycles. The Bertz CT molecular complexity index is 872. The molecule has 1 amide bonds. The fraction of sp³-hybridized carbons (Fsp3) is 0.125. The number of hydrogen-bond acceptors (Lipinski definition) is 4. The van der Waals surface area contributed by atoms with Crippen LogP contribution >= 0.6 is 0 Å². The topological polar surface area (TPSA) is 88.5 Å². The molecule has 0 saturated carbocycles. The third kappa shape index (κ3) is 3.11. The average molecular weight is 306 g/mol. The molecule has 0 unspecified atom stereocenters. The number of nitrogens with zero attached hydrogens (tertiary/aromatic N) is 5. The lowest BCUT2D eigenvalue weighted by Crippen LogP contribution is -2.21. The summed E-state index contributed by atoms with van der Waals surface area (Å²) in [7, 11) is 0. The summed E-state index contributed by atoms with van der Waals surface area (Å²) in [6, 6.07) is 11.3. The van der Waals surface area contributed by atoms with Crippen LogP contribution in [0.15, 0.2) is 48.9 Å². The van der Waals surface area contributed by atoms with Crippen molar-refractivity contribution in [3.8, 4) is 11.8 Å². The van der Waals surface area contributed by atoms with E-state index in [0.717, 1.165) is 11.3 Å². The van der Waals surface area contributed by atoms with Gasteiger partial charge < -0.3 is 5.32 Å². The van der Waals surface area contributed by atoms with E-state index in [9.17, 15) is 10.1 Å². The maximum atomic E-state index is 12.2. The Hall–Kier alpha value is -3.40. The second kappa shape index (κ2) is 6.15. The maximum Gasteiger partial charge on any atom is 0.247 e. The number of aromatic nitrogens is 4. The van der Waals surface area contributed by atoms with E-state index in [1.165, 1.54) is 10.9 Å². The molecule has 0 aliphatic rings. The molecule has 7 nitrogen and oxygen atoms in total. The summed E-state index contributed by atoms with van der Waals surface area (Å²) in [5.41, 5.74) is 2.04. The molecule has 1 N–H and O–H groups in total. The van der Waals surface area contributed by atoms with E-state index in [2.05, 4.69) is 15.5 Å². The highest BCUT2D eigenvalue weighted by molar-refractivity contribution is 5.91. The zero-order valence-electron chi connectivity index (χ0n) is 12.5. The highest BCUT2D eigenvalue weighted by Gasteiger charge is 2.15. The van der Waals surface area contributed by atoms with E-state index in [1.54, 1.807) is 17.1 Å². The number of anilines is 1. The molecule has 0 spiro atoms. The standard InChI is InChI=1S/C16H14N6O/c1-12-8-18-21(10-12)11-15(23)20-16-13(7-17)9-19-22(16)14-5-3-2-4-6-14/h2-6,8-10H,11H2,1H3,(H,20,23). The fourth-order valence-corrected chi connectivity index (χ4v) is 2.19. The number of nitrogens with one attached hydrogen (secondary N) is 1. The van der Waals surface area contributed by atoms with E-state index in [-0.39, 0.29) is 12.5 Å². The summed E-state index contributed by atoms with van der Waals surface area (Å²) in [4.78, 5) is 12.2. The van der Waals surface area contributed by atoms with Gasteiger partial charge in [0.25, 0.3) is 0 Å². The number of carbonyl (C=O) groups excluding carboxylic acids is 1. The number of nitriles is 1. The lowest BCUT2D eigenvalue weighted by molar-refractivity contribution is -0.116. The second-order valence-electron chi connectivity index (χ2n) is 5.03. The summed E-state index contributed by atoms with van der Waals surface area (Å²) in [5, 5.41) is 20.2. The van der Waals surface area contributed by atoms with Gasteiger partial charge in [0.15, 0.2) is 5.82 Å². The Balaban J connectivity index is 1.86. The van der Waals surface area contributed by atoms with Gasteiger partial charge in [-0.1, -0.05) is 18.2 Å². The molecule has 0 bridgehead atoms. The first-order valence-corrected chi connectivity index (χ1v) is 7.00. The molecular weight excluding hydrogens is 292 g/mol. The van der Waals surface area contributed by atoms with Crippen LogP contribution in [0.5, 0.6) is 0 Å². The van der Waals surface area contributed by atoms with Gasteiger partial charge in [0, 0.05) is 6.20 Å². The number of hydrogen-bond donors (Lipinski definition) is 1. The largest absolute Gasteiger partial charge is 0.308 e. The molecule has 114 valence electrons. The number of benzene rings is 1. The molecule has 0 saturated heterocycles. The molecule has 0 fully saturated rings. The minimum atomic E-state index is -0.276. The van der Waals surface area contributed by atoms with Gasteiger partial charge in [-0.3, -0.25) is 9.48 Å². The van der Waals surface area contributed by atoms with E-state index in [4.69, 9.17) is 0 Å². The molecule has 7 heteroatoms.